The Morgan fingerprint density at radius 3 is 2.13 bits per heavy atom. The first kappa shape index (κ1) is 11.8. The van der Waals surface area contributed by atoms with Gasteiger partial charge >= 0.3 is 5.97 Å². The van der Waals surface area contributed by atoms with E-state index in [1.807, 2.05) is 0 Å². The summed E-state index contributed by atoms with van der Waals surface area (Å²) in [6.07, 6.45) is 0. The molecule has 0 saturated carbocycles. The van der Waals surface area contributed by atoms with Gasteiger partial charge < -0.3 is 14.2 Å². The summed E-state index contributed by atoms with van der Waals surface area (Å²) < 4.78 is 15.3. The van der Waals surface area contributed by atoms with Crippen LogP contribution in [-0.4, -0.2) is 27.3 Å². The van der Waals surface area contributed by atoms with Crippen molar-refractivity contribution in [1.82, 2.24) is 0 Å². The monoisotopic (exact) mass is 274 g/mol. The van der Waals surface area contributed by atoms with E-state index in [1.165, 1.54) is 21.3 Å². The zero-order valence-corrected chi connectivity index (χ0v) is 10.3. The molecule has 0 amide bonds. The molecule has 0 unspecified atom stereocenters. The molecule has 0 aliphatic heterocycles. The first-order chi connectivity index (χ1) is 7.15. The summed E-state index contributed by atoms with van der Waals surface area (Å²) >= 11 is 3.27. The molecule has 0 fully saturated rings. The lowest BCUT2D eigenvalue weighted by Gasteiger charge is -2.11. The molecule has 5 heteroatoms. The number of benzene rings is 1. The van der Waals surface area contributed by atoms with E-state index in [1.54, 1.807) is 12.1 Å². The molecule has 0 atom stereocenters. The minimum absolute atomic E-state index is 0.319. The summed E-state index contributed by atoms with van der Waals surface area (Å²) in [6, 6.07) is 3.35. The third-order valence-electron chi connectivity index (χ3n) is 1.90. The van der Waals surface area contributed by atoms with Gasteiger partial charge in [0, 0.05) is 0 Å². The summed E-state index contributed by atoms with van der Waals surface area (Å²) in [6.45, 7) is 0. The highest BCUT2D eigenvalue weighted by Crippen LogP contribution is 2.35. The van der Waals surface area contributed by atoms with Gasteiger partial charge in [-0.15, -0.1) is 0 Å². The fourth-order valence-electron chi connectivity index (χ4n) is 1.16. The fraction of sp³-hybridized carbons (Fsp3) is 0.300. The molecule has 1 aromatic carbocycles. The number of ether oxygens (including phenoxy) is 3. The van der Waals surface area contributed by atoms with E-state index < -0.39 is 5.97 Å². The second-order valence-electron chi connectivity index (χ2n) is 2.65. The number of halogens is 1. The van der Waals surface area contributed by atoms with E-state index in [2.05, 4.69) is 20.7 Å². The standard InChI is InChI=1S/C10H11BrO4/c1-13-6-4-5-7(14-2)9(11)8(6)10(12)15-3/h4-5H,1-3H3. The fourth-order valence-corrected chi connectivity index (χ4v) is 1.81. The molecule has 0 radical (unpaired) electrons. The predicted molar refractivity (Wildman–Crippen MR) is 58.6 cm³/mol. The maximum Gasteiger partial charge on any atom is 0.342 e. The van der Waals surface area contributed by atoms with Crippen molar-refractivity contribution in [1.29, 1.82) is 0 Å². The number of carbonyl (C=O) groups is 1. The lowest BCUT2D eigenvalue weighted by molar-refractivity contribution is 0.0595. The average molecular weight is 275 g/mol. The first-order valence-corrected chi connectivity index (χ1v) is 4.93. The maximum atomic E-state index is 11.5. The van der Waals surface area contributed by atoms with Crippen molar-refractivity contribution in [2.45, 2.75) is 0 Å². The van der Waals surface area contributed by atoms with Gasteiger partial charge in [-0.3, -0.25) is 0 Å². The van der Waals surface area contributed by atoms with Crippen LogP contribution in [0.15, 0.2) is 16.6 Å². The normalized spacial score (nSPS) is 9.60. The van der Waals surface area contributed by atoms with E-state index in [9.17, 15) is 4.79 Å². The van der Waals surface area contributed by atoms with Gasteiger partial charge in [-0.1, -0.05) is 0 Å². The molecule has 0 aliphatic carbocycles. The Morgan fingerprint density at radius 1 is 1.13 bits per heavy atom. The van der Waals surface area contributed by atoms with E-state index >= 15 is 0 Å². The Kier molecular flexibility index (Phi) is 3.96. The van der Waals surface area contributed by atoms with Crippen molar-refractivity contribution in [2.24, 2.45) is 0 Å². The van der Waals surface area contributed by atoms with Crippen LogP contribution in [0.25, 0.3) is 0 Å². The zero-order chi connectivity index (χ0) is 11.4. The molecule has 0 saturated heterocycles. The van der Waals surface area contributed by atoms with Crippen molar-refractivity contribution in [3.63, 3.8) is 0 Å². The van der Waals surface area contributed by atoms with Crippen LogP contribution >= 0.6 is 15.9 Å². The molecule has 0 aromatic heterocycles. The third kappa shape index (κ3) is 2.23. The highest BCUT2D eigenvalue weighted by Gasteiger charge is 2.19. The van der Waals surface area contributed by atoms with Crippen LogP contribution in [0.3, 0.4) is 0 Å². The van der Waals surface area contributed by atoms with Gasteiger partial charge in [0.15, 0.2) is 0 Å². The zero-order valence-electron chi connectivity index (χ0n) is 8.67. The molecular weight excluding hydrogens is 264 g/mol. The maximum absolute atomic E-state index is 11.5. The summed E-state index contributed by atoms with van der Waals surface area (Å²) in [5.74, 6) is 0.517. The summed E-state index contributed by atoms with van der Waals surface area (Å²) in [5.41, 5.74) is 0.319. The predicted octanol–water partition coefficient (Wildman–Crippen LogP) is 2.25. The smallest absolute Gasteiger partial charge is 0.342 e. The lowest BCUT2D eigenvalue weighted by atomic mass is 10.2. The Balaban J connectivity index is 3.35. The van der Waals surface area contributed by atoms with Gasteiger partial charge in [-0.05, 0) is 28.1 Å². The van der Waals surface area contributed by atoms with Crippen LogP contribution in [-0.2, 0) is 4.74 Å². The summed E-state index contributed by atoms with van der Waals surface area (Å²) in [7, 11) is 4.32. The van der Waals surface area contributed by atoms with Crippen molar-refractivity contribution in [3.8, 4) is 11.5 Å². The van der Waals surface area contributed by atoms with E-state index in [0.29, 0.717) is 21.5 Å². The van der Waals surface area contributed by atoms with Gasteiger partial charge in [-0.25, -0.2) is 4.79 Å². The SMILES string of the molecule is COC(=O)c1c(OC)ccc(OC)c1Br. The first-order valence-electron chi connectivity index (χ1n) is 4.14. The van der Waals surface area contributed by atoms with Crippen molar-refractivity contribution in [3.05, 3.63) is 22.2 Å². The summed E-state index contributed by atoms with van der Waals surface area (Å²) in [5, 5.41) is 0. The van der Waals surface area contributed by atoms with E-state index in [0.717, 1.165) is 0 Å². The van der Waals surface area contributed by atoms with Crippen LogP contribution in [0.2, 0.25) is 0 Å². The highest BCUT2D eigenvalue weighted by molar-refractivity contribution is 9.10. The second-order valence-corrected chi connectivity index (χ2v) is 3.44. The number of rotatable bonds is 3. The number of esters is 1. The molecule has 0 aliphatic rings. The third-order valence-corrected chi connectivity index (χ3v) is 2.68. The molecular formula is C10H11BrO4. The van der Waals surface area contributed by atoms with Crippen molar-refractivity contribution in [2.75, 3.05) is 21.3 Å². The molecule has 0 spiro atoms. The number of hydrogen-bond acceptors (Lipinski definition) is 4. The van der Waals surface area contributed by atoms with E-state index in [4.69, 9.17) is 9.47 Å². The van der Waals surface area contributed by atoms with Crippen LogP contribution in [0.1, 0.15) is 10.4 Å². The number of hydrogen-bond donors (Lipinski definition) is 0. The summed E-state index contributed by atoms with van der Waals surface area (Å²) in [4.78, 5) is 11.5. The van der Waals surface area contributed by atoms with Gasteiger partial charge in [0.1, 0.15) is 17.1 Å². The Bertz CT molecular complexity index is 376. The van der Waals surface area contributed by atoms with Crippen LogP contribution in [0.5, 0.6) is 11.5 Å². The van der Waals surface area contributed by atoms with Crippen molar-refractivity contribution >= 4 is 21.9 Å². The average Bonchev–Trinajstić information content (AvgIpc) is 2.27. The topological polar surface area (TPSA) is 44.8 Å². The Hall–Kier alpha value is -1.23. The molecule has 1 aromatic rings. The molecule has 0 heterocycles. The van der Waals surface area contributed by atoms with E-state index in [-0.39, 0.29) is 0 Å². The van der Waals surface area contributed by atoms with Crippen LogP contribution < -0.4 is 9.47 Å². The molecule has 0 bridgehead atoms. The highest BCUT2D eigenvalue weighted by atomic mass is 79.9. The largest absolute Gasteiger partial charge is 0.496 e. The van der Waals surface area contributed by atoms with Gasteiger partial charge in [-0.2, -0.15) is 0 Å². The van der Waals surface area contributed by atoms with Crippen LogP contribution in [0, 0.1) is 0 Å². The molecule has 82 valence electrons. The molecule has 1 rings (SSSR count). The minimum atomic E-state index is -0.474. The molecule has 4 nitrogen and oxygen atoms in total. The van der Waals surface area contributed by atoms with Gasteiger partial charge in [0.2, 0.25) is 0 Å². The van der Waals surface area contributed by atoms with Gasteiger partial charge in [0.25, 0.3) is 0 Å². The van der Waals surface area contributed by atoms with Crippen molar-refractivity contribution < 1.29 is 19.0 Å². The number of carbonyl (C=O) groups excluding carboxylic acids is 1. The van der Waals surface area contributed by atoms with Gasteiger partial charge in [0.05, 0.1) is 25.8 Å². The molecule has 15 heavy (non-hydrogen) atoms. The van der Waals surface area contributed by atoms with Crippen LogP contribution in [0.4, 0.5) is 0 Å². The Labute approximate surface area is 96.3 Å². The minimum Gasteiger partial charge on any atom is -0.496 e. The lowest BCUT2D eigenvalue weighted by Crippen LogP contribution is -2.06. The molecule has 0 N–H and O–H groups in total. The number of methoxy groups -OCH3 is 3. The second kappa shape index (κ2) is 5.02. The Morgan fingerprint density at radius 2 is 1.67 bits per heavy atom. The quantitative estimate of drug-likeness (QED) is 0.794.